The maximum Gasteiger partial charge on any atom is 0.286 e. The van der Waals surface area contributed by atoms with Gasteiger partial charge in [-0.25, -0.2) is 12.8 Å². The molecule has 4 rings (SSSR count). The minimum Gasteiger partial charge on any atom is -0.449 e. The average Bonchev–Trinajstić information content (AvgIpc) is 3.13. The van der Waals surface area contributed by atoms with Crippen molar-refractivity contribution in [3.63, 3.8) is 0 Å². The number of hydrogen-bond acceptors (Lipinski definition) is 5. The lowest BCUT2D eigenvalue weighted by atomic mass is 10.1. The van der Waals surface area contributed by atoms with Gasteiger partial charge in [-0.3, -0.25) is 14.3 Å². The number of para-hydroxylation sites is 2. The molecule has 32 heavy (non-hydrogen) atoms. The summed E-state index contributed by atoms with van der Waals surface area (Å²) in [5.74, 6) is -2.39. The third-order valence-corrected chi connectivity index (χ3v) is 5.98. The molecule has 3 aromatic carbocycles. The molecule has 0 unspecified atom stereocenters. The van der Waals surface area contributed by atoms with Gasteiger partial charge in [0.05, 0.1) is 16.1 Å². The largest absolute Gasteiger partial charge is 0.449 e. The molecule has 0 saturated carbocycles. The summed E-state index contributed by atoms with van der Waals surface area (Å²) in [5, 5.41) is 3.04. The van der Waals surface area contributed by atoms with Crippen molar-refractivity contribution in [3.8, 4) is 0 Å². The number of amides is 2. The topological polar surface area (TPSA) is 132 Å². The van der Waals surface area contributed by atoms with Gasteiger partial charge in [0.15, 0.2) is 0 Å². The average molecular weight is 453 g/mol. The van der Waals surface area contributed by atoms with E-state index in [-0.39, 0.29) is 27.6 Å². The number of halogens is 1. The Morgan fingerprint density at radius 2 is 1.56 bits per heavy atom. The number of rotatable bonds is 6. The van der Waals surface area contributed by atoms with Crippen LogP contribution in [0, 0.1) is 5.82 Å². The summed E-state index contributed by atoms with van der Waals surface area (Å²) in [6.07, 6.45) is 0. The molecule has 10 heteroatoms. The quantitative estimate of drug-likeness (QED) is 0.409. The number of nitrogens with two attached hydrogens (primary N) is 1. The van der Waals surface area contributed by atoms with Gasteiger partial charge in [0.1, 0.15) is 17.1 Å². The zero-order valence-electron chi connectivity index (χ0n) is 16.3. The second kappa shape index (κ2) is 8.16. The number of hydrogen-bond donors (Lipinski definition) is 3. The number of carbonyl (C=O) groups is 2. The lowest BCUT2D eigenvalue weighted by molar-refractivity contribution is 0.0977. The van der Waals surface area contributed by atoms with Crippen LogP contribution in [0.3, 0.4) is 0 Å². The molecule has 4 N–H and O–H groups in total. The SMILES string of the molecule is NC(=O)c1oc2ccccc2c1NC(=O)c1ccccc1NS(=O)(=O)c1ccc(F)cc1. The molecule has 0 bridgehead atoms. The van der Waals surface area contributed by atoms with E-state index in [0.717, 1.165) is 24.3 Å². The molecule has 0 saturated heterocycles. The van der Waals surface area contributed by atoms with Crippen LogP contribution in [0.15, 0.2) is 82.1 Å². The second-order valence-corrected chi connectivity index (χ2v) is 8.41. The van der Waals surface area contributed by atoms with E-state index in [0.29, 0.717) is 11.0 Å². The standard InChI is InChI=1S/C22H16FN3O5S/c23-13-9-11-14(12-10-13)32(29,30)26-17-7-3-1-5-15(17)22(28)25-19-16-6-2-4-8-18(16)31-20(19)21(24)27/h1-12,26H,(H2,24,27)(H,25,28). The fourth-order valence-electron chi connectivity index (χ4n) is 3.11. The van der Waals surface area contributed by atoms with Crippen LogP contribution in [0.2, 0.25) is 0 Å². The zero-order valence-corrected chi connectivity index (χ0v) is 17.1. The van der Waals surface area contributed by atoms with Crippen LogP contribution in [-0.2, 0) is 10.0 Å². The van der Waals surface area contributed by atoms with E-state index in [1.54, 1.807) is 36.4 Å². The van der Waals surface area contributed by atoms with Gasteiger partial charge in [0.2, 0.25) is 5.76 Å². The first kappa shape index (κ1) is 21.1. The Labute approximate surface area is 181 Å². The first-order valence-corrected chi connectivity index (χ1v) is 10.7. The van der Waals surface area contributed by atoms with Crippen molar-refractivity contribution in [2.24, 2.45) is 5.73 Å². The first-order valence-electron chi connectivity index (χ1n) is 9.26. The van der Waals surface area contributed by atoms with Gasteiger partial charge in [-0.2, -0.15) is 0 Å². The summed E-state index contributed by atoms with van der Waals surface area (Å²) < 4.78 is 46.3. The number of sulfonamides is 1. The highest BCUT2D eigenvalue weighted by atomic mass is 32.2. The van der Waals surface area contributed by atoms with Crippen molar-refractivity contribution in [2.45, 2.75) is 4.90 Å². The van der Waals surface area contributed by atoms with Gasteiger partial charge in [-0.15, -0.1) is 0 Å². The molecule has 1 aromatic heterocycles. The Balaban J connectivity index is 1.69. The summed E-state index contributed by atoms with van der Waals surface area (Å²) in [7, 11) is -4.09. The highest BCUT2D eigenvalue weighted by Gasteiger charge is 2.23. The molecule has 162 valence electrons. The van der Waals surface area contributed by atoms with Crippen molar-refractivity contribution >= 4 is 44.2 Å². The van der Waals surface area contributed by atoms with Crippen LogP contribution >= 0.6 is 0 Å². The molecule has 0 aliphatic heterocycles. The maximum atomic E-state index is 13.1. The van der Waals surface area contributed by atoms with E-state index in [2.05, 4.69) is 10.0 Å². The minimum absolute atomic E-state index is 0.0113. The van der Waals surface area contributed by atoms with Crippen LogP contribution < -0.4 is 15.8 Å². The first-order chi connectivity index (χ1) is 15.3. The van der Waals surface area contributed by atoms with Crippen LogP contribution in [0.25, 0.3) is 11.0 Å². The number of anilines is 2. The van der Waals surface area contributed by atoms with Gasteiger partial charge < -0.3 is 15.5 Å². The van der Waals surface area contributed by atoms with Gasteiger partial charge >= 0.3 is 0 Å². The third-order valence-electron chi connectivity index (χ3n) is 4.60. The van der Waals surface area contributed by atoms with E-state index in [1.807, 2.05) is 0 Å². The number of primary amides is 1. The van der Waals surface area contributed by atoms with E-state index in [9.17, 15) is 22.4 Å². The highest BCUT2D eigenvalue weighted by Crippen LogP contribution is 2.31. The van der Waals surface area contributed by atoms with Crippen molar-refractivity contribution in [3.05, 3.63) is 89.9 Å². The fourth-order valence-corrected chi connectivity index (χ4v) is 4.19. The highest BCUT2D eigenvalue weighted by molar-refractivity contribution is 7.92. The summed E-state index contributed by atoms with van der Waals surface area (Å²) in [5.41, 5.74) is 5.78. The van der Waals surface area contributed by atoms with Crippen molar-refractivity contribution in [1.82, 2.24) is 0 Å². The molecule has 4 aromatic rings. The number of fused-ring (bicyclic) bond motifs is 1. The second-order valence-electron chi connectivity index (χ2n) is 6.73. The number of benzene rings is 3. The normalized spacial score (nSPS) is 11.3. The summed E-state index contributed by atoms with van der Waals surface area (Å²) in [6.45, 7) is 0. The molecule has 0 radical (unpaired) electrons. The monoisotopic (exact) mass is 453 g/mol. The Morgan fingerprint density at radius 1 is 0.906 bits per heavy atom. The molecular formula is C22H16FN3O5S. The van der Waals surface area contributed by atoms with E-state index >= 15 is 0 Å². The molecule has 2 amide bonds. The molecule has 0 aliphatic rings. The molecule has 0 aliphatic carbocycles. The lowest BCUT2D eigenvalue weighted by Gasteiger charge is -2.13. The van der Waals surface area contributed by atoms with Crippen LogP contribution in [-0.4, -0.2) is 20.2 Å². The zero-order chi connectivity index (χ0) is 22.9. The summed E-state index contributed by atoms with van der Waals surface area (Å²) >= 11 is 0. The molecule has 0 atom stereocenters. The number of furan rings is 1. The molecule has 0 spiro atoms. The third kappa shape index (κ3) is 4.03. The van der Waals surface area contributed by atoms with E-state index in [1.165, 1.54) is 12.1 Å². The Hall–Kier alpha value is -4.18. The van der Waals surface area contributed by atoms with E-state index in [4.69, 9.17) is 10.2 Å². The van der Waals surface area contributed by atoms with Gasteiger partial charge in [-0.05, 0) is 48.5 Å². The molecular weight excluding hydrogens is 437 g/mol. The maximum absolute atomic E-state index is 13.1. The minimum atomic E-state index is -4.09. The van der Waals surface area contributed by atoms with Crippen molar-refractivity contribution in [1.29, 1.82) is 0 Å². The Kier molecular flexibility index (Phi) is 5.37. The molecule has 1 heterocycles. The number of nitrogens with one attached hydrogen (secondary N) is 2. The van der Waals surface area contributed by atoms with Crippen LogP contribution in [0.1, 0.15) is 20.9 Å². The molecule has 0 fully saturated rings. The summed E-state index contributed by atoms with van der Waals surface area (Å²) in [6, 6.07) is 16.8. The van der Waals surface area contributed by atoms with Crippen molar-refractivity contribution in [2.75, 3.05) is 10.0 Å². The van der Waals surface area contributed by atoms with Crippen molar-refractivity contribution < 1.29 is 26.8 Å². The van der Waals surface area contributed by atoms with Crippen LogP contribution in [0.5, 0.6) is 0 Å². The smallest absolute Gasteiger partial charge is 0.286 e. The van der Waals surface area contributed by atoms with Gasteiger partial charge in [-0.1, -0.05) is 24.3 Å². The van der Waals surface area contributed by atoms with E-state index < -0.39 is 27.7 Å². The predicted octanol–water partition coefficient (Wildman–Crippen LogP) is 3.72. The number of carbonyl (C=O) groups excluding carboxylic acids is 2. The Bertz CT molecular complexity index is 1450. The fraction of sp³-hybridized carbons (Fsp3) is 0. The Morgan fingerprint density at radius 3 is 2.28 bits per heavy atom. The lowest BCUT2D eigenvalue weighted by Crippen LogP contribution is -2.20. The van der Waals surface area contributed by atoms with Gasteiger partial charge in [0, 0.05) is 5.39 Å². The molecule has 8 nitrogen and oxygen atoms in total. The van der Waals surface area contributed by atoms with Gasteiger partial charge in [0.25, 0.3) is 21.8 Å². The summed E-state index contributed by atoms with van der Waals surface area (Å²) in [4.78, 5) is 24.7. The van der Waals surface area contributed by atoms with Crippen LogP contribution in [0.4, 0.5) is 15.8 Å². The predicted molar refractivity (Wildman–Crippen MR) is 116 cm³/mol.